The van der Waals surface area contributed by atoms with Gasteiger partial charge in [-0.2, -0.15) is 0 Å². The van der Waals surface area contributed by atoms with Crippen LogP contribution in [0.3, 0.4) is 0 Å². The van der Waals surface area contributed by atoms with E-state index in [1.165, 1.54) is 31.5 Å². The summed E-state index contributed by atoms with van der Waals surface area (Å²) in [7, 11) is 0. The van der Waals surface area contributed by atoms with Gasteiger partial charge in [0, 0.05) is 28.7 Å². The summed E-state index contributed by atoms with van der Waals surface area (Å²) in [6, 6.07) is 24.4. The number of fused-ring (bicyclic) bond motifs is 3. The van der Waals surface area contributed by atoms with Gasteiger partial charge in [-0.15, -0.1) is 0 Å². The Balaban J connectivity index is 1.36. The van der Waals surface area contributed by atoms with E-state index in [9.17, 15) is 4.79 Å². The maximum Gasteiger partial charge on any atom is 0.251 e. The second-order valence-electron chi connectivity index (χ2n) is 8.36. The monoisotopic (exact) mass is 416 g/mol. The topological polar surface area (TPSA) is 32.3 Å². The minimum atomic E-state index is -0.00688. The zero-order chi connectivity index (χ0) is 20.5. The fourth-order valence-electron chi connectivity index (χ4n) is 4.74. The van der Waals surface area contributed by atoms with Gasteiger partial charge in [-0.05, 0) is 66.7 Å². The third-order valence-corrected chi connectivity index (χ3v) is 6.83. The molecule has 1 N–H and O–H groups in total. The number of halogens is 1. The van der Waals surface area contributed by atoms with Gasteiger partial charge in [0.2, 0.25) is 0 Å². The van der Waals surface area contributed by atoms with Crippen LogP contribution in [-0.4, -0.2) is 36.5 Å². The molecule has 6 rings (SSSR count). The lowest BCUT2D eigenvalue weighted by atomic mass is 9.84. The van der Waals surface area contributed by atoms with E-state index in [0.717, 1.165) is 23.2 Å². The highest BCUT2D eigenvalue weighted by Crippen LogP contribution is 2.32. The Kier molecular flexibility index (Phi) is 5.32. The predicted octanol–water partition coefficient (Wildman–Crippen LogP) is 5.50. The van der Waals surface area contributed by atoms with Crippen molar-refractivity contribution in [3.8, 4) is 22.3 Å². The van der Waals surface area contributed by atoms with Crippen molar-refractivity contribution < 1.29 is 4.79 Å². The second kappa shape index (κ2) is 8.25. The van der Waals surface area contributed by atoms with Crippen LogP contribution in [0.2, 0.25) is 5.02 Å². The summed E-state index contributed by atoms with van der Waals surface area (Å²) in [6.45, 7) is 3.31. The smallest absolute Gasteiger partial charge is 0.251 e. The number of hydrogen-bond donors (Lipinski definition) is 1. The van der Waals surface area contributed by atoms with Gasteiger partial charge in [-0.25, -0.2) is 0 Å². The molecule has 30 heavy (non-hydrogen) atoms. The Bertz CT molecular complexity index is 1040. The van der Waals surface area contributed by atoms with Gasteiger partial charge in [-0.1, -0.05) is 66.2 Å². The SMILES string of the molecule is O=C(NC1CN2CCC1CC2)c1ccc(Cl)c(-c2ccc(-c3ccccc3)cc2)c1. The van der Waals surface area contributed by atoms with E-state index < -0.39 is 0 Å². The highest BCUT2D eigenvalue weighted by atomic mass is 35.5. The average Bonchev–Trinajstić information content (AvgIpc) is 2.81. The van der Waals surface area contributed by atoms with Crippen LogP contribution >= 0.6 is 11.6 Å². The third kappa shape index (κ3) is 3.88. The lowest BCUT2D eigenvalue weighted by molar-refractivity contribution is 0.0620. The number of nitrogens with one attached hydrogen (secondary N) is 1. The molecular weight excluding hydrogens is 392 g/mol. The first-order chi connectivity index (χ1) is 14.7. The summed E-state index contributed by atoms with van der Waals surface area (Å²) in [4.78, 5) is 15.4. The number of hydrogen-bond acceptors (Lipinski definition) is 2. The Labute approximate surface area is 182 Å². The van der Waals surface area contributed by atoms with E-state index in [0.29, 0.717) is 16.5 Å². The molecular formula is C26H25ClN2O. The molecule has 0 saturated carbocycles. The fourth-order valence-corrected chi connectivity index (χ4v) is 4.97. The van der Waals surface area contributed by atoms with Crippen LogP contribution in [0.25, 0.3) is 22.3 Å². The van der Waals surface area contributed by atoms with Crippen LogP contribution in [0.5, 0.6) is 0 Å². The summed E-state index contributed by atoms with van der Waals surface area (Å²) in [6.07, 6.45) is 2.37. The van der Waals surface area contributed by atoms with Crippen molar-refractivity contribution in [2.24, 2.45) is 5.92 Å². The summed E-state index contributed by atoms with van der Waals surface area (Å²) in [5.41, 5.74) is 4.90. The van der Waals surface area contributed by atoms with Crippen LogP contribution in [0, 0.1) is 5.92 Å². The van der Waals surface area contributed by atoms with E-state index in [-0.39, 0.29) is 11.9 Å². The molecule has 0 aromatic heterocycles. The minimum absolute atomic E-state index is 0.00688. The van der Waals surface area contributed by atoms with Gasteiger partial charge >= 0.3 is 0 Å². The molecule has 3 heterocycles. The number of rotatable bonds is 4. The van der Waals surface area contributed by atoms with Gasteiger partial charge in [0.15, 0.2) is 0 Å². The zero-order valence-electron chi connectivity index (χ0n) is 16.9. The van der Waals surface area contributed by atoms with Crippen molar-refractivity contribution in [1.29, 1.82) is 0 Å². The summed E-state index contributed by atoms with van der Waals surface area (Å²) in [5.74, 6) is 0.601. The van der Waals surface area contributed by atoms with Gasteiger partial charge < -0.3 is 10.2 Å². The maximum absolute atomic E-state index is 13.0. The van der Waals surface area contributed by atoms with E-state index in [1.54, 1.807) is 0 Å². The minimum Gasteiger partial charge on any atom is -0.348 e. The molecule has 3 saturated heterocycles. The van der Waals surface area contributed by atoms with Crippen LogP contribution in [0.1, 0.15) is 23.2 Å². The summed E-state index contributed by atoms with van der Waals surface area (Å²) in [5, 5.41) is 3.93. The van der Waals surface area contributed by atoms with Crippen molar-refractivity contribution in [1.82, 2.24) is 10.2 Å². The zero-order valence-corrected chi connectivity index (χ0v) is 17.6. The van der Waals surface area contributed by atoms with E-state index >= 15 is 0 Å². The lowest BCUT2D eigenvalue weighted by Crippen LogP contribution is -2.57. The molecule has 0 radical (unpaired) electrons. The molecule has 3 aromatic carbocycles. The largest absolute Gasteiger partial charge is 0.348 e. The molecule has 3 aliphatic heterocycles. The molecule has 2 bridgehead atoms. The number of amides is 1. The van der Waals surface area contributed by atoms with Crippen molar-refractivity contribution in [3.05, 3.63) is 83.4 Å². The molecule has 152 valence electrons. The fraction of sp³-hybridized carbons (Fsp3) is 0.269. The number of carbonyl (C=O) groups is 1. The summed E-state index contributed by atoms with van der Waals surface area (Å²) < 4.78 is 0. The van der Waals surface area contributed by atoms with E-state index in [2.05, 4.69) is 46.6 Å². The first-order valence-electron chi connectivity index (χ1n) is 10.7. The standard InChI is InChI=1S/C26H25ClN2O/c27-24-11-10-22(26(30)28-25-17-29-14-12-21(25)13-15-29)16-23(24)20-8-6-19(7-9-20)18-4-2-1-3-5-18/h1-11,16,21,25H,12-15,17H2,(H,28,30). The molecule has 0 aliphatic carbocycles. The lowest BCUT2D eigenvalue weighted by Gasteiger charge is -2.44. The number of piperidine rings is 3. The predicted molar refractivity (Wildman–Crippen MR) is 123 cm³/mol. The highest BCUT2D eigenvalue weighted by Gasteiger charge is 2.35. The van der Waals surface area contributed by atoms with Crippen LogP contribution in [0.15, 0.2) is 72.8 Å². The van der Waals surface area contributed by atoms with Gasteiger partial charge in [-0.3, -0.25) is 4.79 Å². The normalized spacial score (nSPS) is 22.6. The van der Waals surface area contributed by atoms with Gasteiger partial charge in [0.25, 0.3) is 5.91 Å². The van der Waals surface area contributed by atoms with Crippen LogP contribution in [-0.2, 0) is 0 Å². The molecule has 1 amide bonds. The second-order valence-corrected chi connectivity index (χ2v) is 8.76. The first-order valence-corrected chi connectivity index (χ1v) is 11.0. The van der Waals surface area contributed by atoms with Gasteiger partial charge in [0.05, 0.1) is 0 Å². The van der Waals surface area contributed by atoms with Crippen LogP contribution in [0.4, 0.5) is 0 Å². The summed E-state index contributed by atoms with van der Waals surface area (Å²) >= 11 is 6.50. The van der Waals surface area contributed by atoms with E-state index in [1.807, 2.05) is 36.4 Å². The molecule has 3 aromatic rings. The van der Waals surface area contributed by atoms with Crippen LogP contribution < -0.4 is 5.32 Å². The number of benzene rings is 3. The average molecular weight is 417 g/mol. The Morgan fingerprint density at radius 1 is 0.867 bits per heavy atom. The van der Waals surface area contributed by atoms with Gasteiger partial charge in [0.1, 0.15) is 0 Å². The van der Waals surface area contributed by atoms with Crippen molar-refractivity contribution >= 4 is 17.5 Å². The number of carbonyl (C=O) groups excluding carboxylic acids is 1. The first kappa shape index (κ1) is 19.3. The van der Waals surface area contributed by atoms with E-state index in [4.69, 9.17) is 11.6 Å². The Morgan fingerprint density at radius 2 is 1.53 bits per heavy atom. The molecule has 3 nitrogen and oxygen atoms in total. The third-order valence-electron chi connectivity index (χ3n) is 6.50. The molecule has 4 heteroatoms. The Morgan fingerprint density at radius 3 is 2.20 bits per heavy atom. The highest BCUT2D eigenvalue weighted by molar-refractivity contribution is 6.33. The van der Waals surface area contributed by atoms with Crippen molar-refractivity contribution in [3.63, 3.8) is 0 Å². The Hall–Kier alpha value is -2.62. The molecule has 3 aliphatic rings. The van der Waals surface area contributed by atoms with Crippen molar-refractivity contribution in [2.75, 3.05) is 19.6 Å². The molecule has 1 unspecified atom stereocenters. The molecule has 3 fully saturated rings. The number of nitrogens with zero attached hydrogens (tertiary/aromatic N) is 1. The quantitative estimate of drug-likeness (QED) is 0.609. The molecule has 1 atom stereocenters. The maximum atomic E-state index is 13.0. The molecule has 0 spiro atoms. The van der Waals surface area contributed by atoms with Crippen molar-refractivity contribution in [2.45, 2.75) is 18.9 Å².